The second-order valence-corrected chi connectivity index (χ2v) is 9.11. The Morgan fingerprint density at radius 1 is 1.37 bits per heavy atom. The smallest absolute Gasteiger partial charge is 0.281 e. The van der Waals surface area contributed by atoms with E-state index in [0.29, 0.717) is 35.3 Å². The zero-order chi connectivity index (χ0) is 25.4. The molecule has 1 aromatic carbocycles. The number of aliphatic imine (C=N–C) groups is 1. The molecule has 0 radical (unpaired) electrons. The van der Waals surface area contributed by atoms with Gasteiger partial charge in [-0.25, -0.2) is 4.99 Å². The number of nitriles is 1. The van der Waals surface area contributed by atoms with E-state index in [0.717, 1.165) is 11.8 Å². The standard InChI is InChI=1S/C23H21ClN6O4S/c1-4-28(5-2)22(31)19-12(3)27-23-29(21(26)18(11-25)35-23)20(19)17-9-8-16(34-17)14-7-6-13(24)10-15(14)30(32)33/h6-10,20H,4-5,26H2,1-3H3/t20-/m1/s1. The summed E-state index contributed by atoms with van der Waals surface area (Å²) in [4.78, 5) is 32.7. The van der Waals surface area contributed by atoms with E-state index in [9.17, 15) is 20.2 Å². The Labute approximate surface area is 210 Å². The maximum atomic E-state index is 13.6. The number of amidine groups is 1. The van der Waals surface area contributed by atoms with Crippen molar-refractivity contribution in [2.24, 2.45) is 10.7 Å². The molecule has 2 N–H and O–H groups in total. The minimum atomic E-state index is -0.811. The van der Waals surface area contributed by atoms with Gasteiger partial charge in [0.2, 0.25) is 0 Å². The maximum absolute atomic E-state index is 13.6. The summed E-state index contributed by atoms with van der Waals surface area (Å²) in [5.74, 6) is 0.483. The molecule has 12 heteroatoms. The van der Waals surface area contributed by atoms with E-state index in [1.54, 1.807) is 28.9 Å². The van der Waals surface area contributed by atoms with Crippen molar-refractivity contribution in [3.8, 4) is 17.4 Å². The first kappa shape index (κ1) is 24.4. The van der Waals surface area contributed by atoms with Crippen LogP contribution in [0.1, 0.15) is 32.6 Å². The quantitative estimate of drug-likeness (QED) is 0.431. The molecule has 0 fully saturated rings. The van der Waals surface area contributed by atoms with Gasteiger partial charge in [-0.15, -0.1) is 0 Å². The molecule has 2 aromatic rings. The number of amides is 1. The monoisotopic (exact) mass is 512 g/mol. The normalized spacial score (nSPS) is 17.3. The lowest BCUT2D eigenvalue weighted by Crippen LogP contribution is -2.42. The van der Waals surface area contributed by atoms with Crippen molar-refractivity contribution in [2.45, 2.75) is 26.8 Å². The highest BCUT2D eigenvalue weighted by molar-refractivity contribution is 8.17. The minimum Gasteiger partial charge on any atom is -0.458 e. The van der Waals surface area contributed by atoms with Crippen LogP contribution in [0.4, 0.5) is 5.69 Å². The molecule has 0 saturated heterocycles. The summed E-state index contributed by atoms with van der Waals surface area (Å²) >= 11 is 7.07. The number of carbonyl (C=O) groups is 1. The van der Waals surface area contributed by atoms with Gasteiger partial charge in [0.25, 0.3) is 11.6 Å². The molecule has 3 heterocycles. The number of thioether (sulfide) groups is 1. The van der Waals surface area contributed by atoms with Crippen LogP contribution in [0.3, 0.4) is 0 Å². The summed E-state index contributed by atoms with van der Waals surface area (Å²) in [5.41, 5.74) is 7.17. The van der Waals surface area contributed by atoms with Gasteiger partial charge < -0.3 is 15.1 Å². The van der Waals surface area contributed by atoms with Gasteiger partial charge >= 0.3 is 0 Å². The number of fused-ring (bicyclic) bond motifs is 1. The summed E-state index contributed by atoms with van der Waals surface area (Å²) in [6.07, 6.45) is 0. The Morgan fingerprint density at radius 2 is 2.09 bits per heavy atom. The molecule has 2 aliphatic rings. The molecule has 1 aromatic heterocycles. The van der Waals surface area contributed by atoms with Crippen molar-refractivity contribution < 1.29 is 14.1 Å². The maximum Gasteiger partial charge on any atom is 0.281 e. The fourth-order valence-electron chi connectivity index (χ4n) is 4.07. The van der Waals surface area contributed by atoms with Gasteiger partial charge in [0.15, 0.2) is 5.17 Å². The third-order valence-corrected chi connectivity index (χ3v) is 6.99. The highest BCUT2D eigenvalue weighted by atomic mass is 35.5. The summed E-state index contributed by atoms with van der Waals surface area (Å²) in [7, 11) is 0. The molecular weight excluding hydrogens is 492 g/mol. The zero-order valence-corrected chi connectivity index (χ0v) is 20.7. The molecule has 4 rings (SSSR count). The summed E-state index contributed by atoms with van der Waals surface area (Å²) in [6.45, 7) is 6.45. The SMILES string of the molecule is CCN(CC)C(=O)C1=C(C)N=C2SC(C#N)=C(N)N2[C@@H]1c1ccc(-c2ccc(Cl)cc2[N+](=O)[O-])o1. The first-order valence-electron chi connectivity index (χ1n) is 10.7. The molecule has 10 nitrogen and oxygen atoms in total. The zero-order valence-electron chi connectivity index (χ0n) is 19.1. The fraction of sp³-hybridized carbons (Fsp3) is 0.261. The van der Waals surface area contributed by atoms with E-state index in [1.807, 2.05) is 13.8 Å². The number of rotatable bonds is 6. The number of hydrogen-bond acceptors (Lipinski definition) is 9. The highest BCUT2D eigenvalue weighted by Gasteiger charge is 2.44. The first-order valence-corrected chi connectivity index (χ1v) is 11.9. The number of likely N-dealkylation sites (N-methyl/N-ethyl adjacent to an activating group) is 1. The average molecular weight is 513 g/mol. The number of nitro groups is 1. The average Bonchev–Trinajstić information content (AvgIpc) is 3.43. The molecule has 1 atom stereocenters. The first-order chi connectivity index (χ1) is 16.7. The van der Waals surface area contributed by atoms with Crippen molar-refractivity contribution in [1.29, 1.82) is 5.26 Å². The topological polar surface area (TPSA) is 142 Å². The van der Waals surface area contributed by atoms with Crippen LogP contribution in [-0.2, 0) is 4.79 Å². The molecule has 0 saturated carbocycles. The van der Waals surface area contributed by atoms with E-state index in [-0.39, 0.29) is 38.7 Å². The molecule has 0 bridgehead atoms. The fourth-order valence-corrected chi connectivity index (χ4v) is 5.16. The molecular formula is C23H21ClN6O4S. The van der Waals surface area contributed by atoms with Crippen molar-refractivity contribution in [3.63, 3.8) is 0 Å². The van der Waals surface area contributed by atoms with E-state index in [2.05, 4.69) is 11.1 Å². The van der Waals surface area contributed by atoms with E-state index in [1.165, 1.54) is 18.2 Å². The predicted molar refractivity (Wildman–Crippen MR) is 133 cm³/mol. The van der Waals surface area contributed by atoms with Crippen LogP contribution in [0.25, 0.3) is 11.3 Å². The number of carbonyl (C=O) groups excluding carboxylic acids is 1. The van der Waals surface area contributed by atoms with Crippen LogP contribution in [0.5, 0.6) is 0 Å². The molecule has 0 aliphatic carbocycles. The van der Waals surface area contributed by atoms with Crippen LogP contribution in [-0.4, -0.2) is 38.9 Å². The second-order valence-electron chi connectivity index (χ2n) is 7.69. The number of benzene rings is 1. The van der Waals surface area contributed by atoms with Crippen LogP contribution in [0.2, 0.25) is 5.02 Å². The van der Waals surface area contributed by atoms with Crippen molar-refractivity contribution in [3.05, 3.63) is 73.2 Å². The minimum absolute atomic E-state index is 0.161. The van der Waals surface area contributed by atoms with Gasteiger partial charge in [0.1, 0.15) is 34.4 Å². The number of allylic oxidation sites excluding steroid dienone is 2. The van der Waals surface area contributed by atoms with Gasteiger partial charge in [0, 0.05) is 24.2 Å². The van der Waals surface area contributed by atoms with E-state index >= 15 is 0 Å². The van der Waals surface area contributed by atoms with Gasteiger partial charge in [-0.1, -0.05) is 11.6 Å². The number of nitrogens with two attached hydrogens (primary N) is 1. The summed E-state index contributed by atoms with van der Waals surface area (Å²) < 4.78 is 6.12. The van der Waals surface area contributed by atoms with Crippen LogP contribution < -0.4 is 5.73 Å². The number of nitro benzene ring substituents is 1. The van der Waals surface area contributed by atoms with Crippen LogP contribution in [0, 0.1) is 21.4 Å². The van der Waals surface area contributed by atoms with E-state index in [4.69, 9.17) is 21.8 Å². The Bertz CT molecular complexity index is 1370. The Balaban J connectivity index is 1.88. The third kappa shape index (κ3) is 4.15. The van der Waals surface area contributed by atoms with Gasteiger partial charge in [-0.05, 0) is 56.8 Å². The molecule has 1 amide bonds. The lowest BCUT2D eigenvalue weighted by molar-refractivity contribution is -0.384. The highest BCUT2D eigenvalue weighted by Crippen LogP contribution is 2.46. The second kappa shape index (κ2) is 9.48. The number of nitrogens with zero attached hydrogens (tertiary/aromatic N) is 5. The Kier molecular flexibility index (Phi) is 6.60. The predicted octanol–water partition coefficient (Wildman–Crippen LogP) is 4.76. The van der Waals surface area contributed by atoms with Crippen molar-refractivity contribution >= 4 is 40.1 Å². The Hall–Kier alpha value is -3.75. The lowest BCUT2D eigenvalue weighted by atomic mass is 9.98. The van der Waals surface area contributed by atoms with Crippen molar-refractivity contribution in [1.82, 2.24) is 9.80 Å². The van der Waals surface area contributed by atoms with E-state index < -0.39 is 11.0 Å². The lowest BCUT2D eigenvalue weighted by Gasteiger charge is -2.35. The van der Waals surface area contributed by atoms with Gasteiger partial charge in [0.05, 0.1) is 21.8 Å². The number of hydrogen-bond donors (Lipinski definition) is 1. The molecule has 2 aliphatic heterocycles. The van der Waals surface area contributed by atoms with Crippen molar-refractivity contribution in [2.75, 3.05) is 13.1 Å². The third-order valence-electron chi connectivity index (χ3n) is 5.78. The summed E-state index contributed by atoms with van der Waals surface area (Å²) in [5, 5.41) is 21.8. The van der Waals surface area contributed by atoms with Crippen LogP contribution >= 0.6 is 23.4 Å². The Morgan fingerprint density at radius 3 is 2.71 bits per heavy atom. The molecule has 0 unspecified atom stereocenters. The van der Waals surface area contributed by atoms with Gasteiger partial charge in [-0.2, -0.15) is 5.26 Å². The number of halogens is 1. The summed E-state index contributed by atoms with van der Waals surface area (Å²) in [6, 6.07) is 8.79. The molecule has 0 spiro atoms. The molecule has 180 valence electrons. The van der Waals surface area contributed by atoms with Crippen LogP contribution in [0.15, 0.2) is 61.7 Å². The number of furan rings is 1. The molecule has 35 heavy (non-hydrogen) atoms. The van der Waals surface area contributed by atoms with Gasteiger partial charge in [-0.3, -0.25) is 19.8 Å². The largest absolute Gasteiger partial charge is 0.458 e.